The molecule has 0 saturated heterocycles. The number of nitrogens with zero attached hydrogens (tertiary/aromatic N) is 5. The van der Waals surface area contributed by atoms with Gasteiger partial charge in [-0.1, -0.05) is 112 Å². The summed E-state index contributed by atoms with van der Waals surface area (Å²) < 4.78 is 36.8. The van der Waals surface area contributed by atoms with Gasteiger partial charge in [-0.3, -0.25) is 4.57 Å². The molecule has 0 fully saturated rings. The Morgan fingerprint density at radius 3 is 1.97 bits per heavy atom. The Kier molecular flexibility index (Phi) is 7.20. The maximum absolute atomic E-state index is 8.46. The van der Waals surface area contributed by atoms with Crippen molar-refractivity contribution in [3.8, 4) is 34.1 Å². The highest BCUT2D eigenvalue weighted by atomic mass is 16.5. The van der Waals surface area contributed by atoms with Crippen molar-refractivity contribution in [2.75, 3.05) is 23.4 Å². The van der Waals surface area contributed by atoms with Crippen LogP contribution in [-0.2, 0) is 5.41 Å². The minimum absolute atomic E-state index is 0.170. The molecule has 0 radical (unpaired) electrons. The molecule has 6 heteroatoms. The van der Waals surface area contributed by atoms with Crippen LogP contribution in [0.2, 0.25) is 0 Å². The molecule has 286 valence electrons. The first kappa shape index (κ1) is 31.7. The van der Waals surface area contributed by atoms with Crippen molar-refractivity contribution in [1.82, 2.24) is 14.1 Å². The molecule has 1 aliphatic heterocycles. The molecular weight excluding hydrogens is 723 g/mol. The van der Waals surface area contributed by atoms with E-state index in [0.717, 1.165) is 83.2 Å². The molecule has 59 heavy (non-hydrogen) atoms. The van der Waals surface area contributed by atoms with E-state index in [2.05, 4.69) is 156 Å². The molecule has 0 saturated carbocycles. The summed E-state index contributed by atoms with van der Waals surface area (Å²) in [4.78, 5) is 8.73. The first-order chi connectivity index (χ1) is 30.0. The van der Waals surface area contributed by atoms with Crippen LogP contribution >= 0.6 is 0 Å². The van der Waals surface area contributed by atoms with Crippen molar-refractivity contribution < 1.29 is 8.85 Å². The topological polar surface area (TPSA) is 38.5 Å². The summed E-state index contributed by atoms with van der Waals surface area (Å²) in [5, 5.41) is 4.46. The summed E-state index contributed by atoms with van der Waals surface area (Å²) in [6, 6.07) is 58.4. The standard InChI is InChI=1S/C53H43N5O/c1-53(2,3)37-28-39(56-34-55(4)48-26-23-36(27-51(48)56)35-15-7-5-8-16-35)30-41(29-37)59-40-24-25-44-42-19-11-14-22-47(42)58(49(44)31-40)52-32-50-45(33-54-52)43-20-12-13-21-46(43)57(50)38-17-9-6-10-18-38/h5-33H,34H2,1-4H3/i4D3. The number of para-hydroxylation sites is 3. The van der Waals surface area contributed by atoms with Gasteiger partial charge >= 0.3 is 0 Å². The van der Waals surface area contributed by atoms with Gasteiger partial charge in [0.25, 0.3) is 0 Å². The molecule has 0 unspecified atom stereocenters. The average molecular weight is 769 g/mol. The van der Waals surface area contributed by atoms with E-state index in [1.165, 1.54) is 4.90 Å². The summed E-state index contributed by atoms with van der Waals surface area (Å²) in [5.74, 6) is 2.14. The Morgan fingerprint density at radius 1 is 0.525 bits per heavy atom. The predicted octanol–water partition coefficient (Wildman–Crippen LogP) is 13.6. The Hall–Kier alpha value is -7.31. The first-order valence-electron chi connectivity index (χ1n) is 21.6. The van der Waals surface area contributed by atoms with Gasteiger partial charge in [-0.2, -0.15) is 0 Å². The minimum atomic E-state index is -2.33. The van der Waals surface area contributed by atoms with Crippen LogP contribution in [-0.4, -0.2) is 27.8 Å². The molecule has 0 spiro atoms. The molecule has 11 rings (SSSR count). The van der Waals surface area contributed by atoms with Crippen molar-refractivity contribution >= 4 is 60.7 Å². The molecule has 0 N–H and O–H groups in total. The van der Waals surface area contributed by atoms with E-state index in [1.54, 1.807) is 0 Å². The number of aromatic nitrogens is 3. The lowest BCUT2D eigenvalue weighted by Crippen LogP contribution is -2.24. The molecule has 0 atom stereocenters. The fourth-order valence-electron chi connectivity index (χ4n) is 8.75. The SMILES string of the molecule is [2H]C([2H])([2H])N1CN(c2cc(Oc3ccc4c5ccccc5n(-c5cc6c(cn5)c5ccccc5n6-c5ccccc5)c4c3)cc(C(C)(C)C)c2)c2cc(-c3ccccc3)ccc21. The lowest BCUT2D eigenvalue weighted by molar-refractivity contribution is 0.479. The number of hydrogen-bond acceptors (Lipinski definition) is 4. The van der Waals surface area contributed by atoms with E-state index in [0.29, 0.717) is 17.2 Å². The van der Waals surface area contributed by atoms with E-state index < -0.39 is 6.98 Å². The Bertz CT molecular complexity index is 3350. The molecule has 4 heterocycles. The maximum Gasteiger partial charge on any atom is 0.139 e. The monoisotopic (exact) mass is 768 g/mol. The van der Waals surface area contributed by atoms with E-state index in [4.69, 9.17) is 13.8 Å². The zero-order chi connectivity index (χ0) is 42.3. The van der Waals surface area contributed by atoms with Gasteiger partial charge in [0, 0.05) is 68.4 Å². The summed E-state index contributed by atoms with van der Waals surface area (Å²) in [5.41, 5.74) is 10.6. The smallest absolute Gasteiger partial charge is 0.139 e. The zero-order valence-electron chi connectivity index (χ0n) is 36.1. The second kappa shape index (κ2) is 13.4. The molecule has 3 aromatic heterocycles. The van der Waals surface area contributed by atoms with Crippen molar-refractivity contribution in [2.45, 2.75) is 26.2 Å². The zero-order valence-corrected chi connectivity index (χ0v) is 33.1. The van der Waals surface area contributed by atoms with Gasteiger partial charge in [-0.05, 0) is 82.8 Å². The summed E-state index contributed by atoms with van der Waals surface area (Å²) in [6.45, 7) is 4.39. The number of rotatable bonds is 6. The molecule has 1 aliphatic rings. The van der Waals surface area contributed by atoms with Gasteiger partial charge in [0.05, 0.1) is 40.1 Å². The average Bonchev–Trinajstić information content (AvgIpc) is 3.94. The van der Waals surface area contributed by atoms with Gasteiger partial charge < -0.3 is 19.1 Å². The van der Waals surface area contributed by atoms with Gasteiger partial charge in [0.2, 0.25) is 0 Å². The Labute approximate surface area is 348 Å². The molecular formula is C53H43N5O. The van der Waals surface area contributed by atoms with Gasteiger partial charge in [0.1, 0.15) is 17.3 Å². The van der Waals surface area contributed by atoms with Crippen LogP contribution in [0.3, 0.4) is 0 Å². The first-order valence-corrected chi connectivity index (χ1v) is 20.1. The lowest BCUT2D eigenvalue weighted by Gasteiger charge is -2.26. The van der Waals surface area contributed by atoms with Crippen LogP contribution in [0.25, 0.3) is 66.2 Å². The maximum atomic E-state index is 8.46. The minimum Gasteiger partial charge on any atom is -0.457 e. The molecule has 6 nitrogen and oxygen atoms in total. The number of pyridine rings is 1. The number of hydrogen-bond donors (Lipinski definition) is 0. The van der Waals surface area contributed by atoms with E-state index >= 15 is 0 Å². The number of ether oxygens (including phenoxy) is 1. The largest absolute Gasteiger partial charge is 0.457 e. The third-order valence-corrected chi connectivity index (χ3v) is 11.7. The molecule has 0 bridgehead atoms. The fourth-order valence-corrected chi connectivity index (χ4v) is 8.75. The van der Waals surface area contributed by atoms with Crippen LogP contribution in [0.4, 0.5) is 17.1 Å². The number of fused-ring (bicyclic) bond motifs is 7. The fraction of sp³-hybridized carbons (Fsp3) is 0.113. The highest BCUT2D eigenvalue weighted by Gasteiger charge is 2.27. The van der Waals surface area contributed by atoms with Gasteiger partial charge in [0.15, 0.2) is 0 Å². The summed E-state index contributed by atoms with van der Waals surface area (Å²) in [6.07, 6.45) is 2.00. The second-order valence-corrected chi connectivity index (χ2v) is 16.4. The highest BCUT2D eigenvalue weighted by Crippen LogP contribution is 2.45. The van der Waals surface area contributed by atoms with E-state index in [1.807, 2.05) is 54.7 Å². The number of benzene rings is 7. The van der Waals surface area contributed by atoms with Crippen LogP contribution < -0.4 is 14.5 Å². The quantitative estimate of drug-likeness (QED) is 0.169. The highest BCUT2D eigenvalue weighted by molar-refractivity contribution is 6.11. The van der Waals surface area contributed by atoms with E-state index in [9.17, 15) is 0 Å². The summed E-state index contributed by atoms with van der Waals surface area (Å²) >= 11 is 0. The lowest BCUT2D eigenvalue weighted by atomic mass is 9.86. The molecule has 7 aromatic carbocycles. The molecule has 0 amide bonds. The number of anilines is 3. The van der Waals surface area contributed by atoms with Crippen LogP contribution in [0.1, 0.15) is 30.4 Å². The Morgan fingerprint density at radius 2 is 1.20 bits per heavy atom. The molecule has 10 aromatic rings. The van der Waals surface area contributed by atoms with Crippen LogP contribution in [0, 0.1) is 0 Å². The van der Waals surface area contributed by atoms with Crippen molar-refractivity contribution in [1.29, 1.82) is 0 Å². The van der Waals surface area contributed by atoms with E-state index in [-0.39, 0.29) is 12.1 Å². The van der Waals surface area contributed by atoms with Crippen molar-refractivity contribution in [3.05, 3.63) is 182 Å². The normalized spacial score (nSPS) is 13.9. The van der Waals surface area contributed by atoms with Crippen LogP contribution in [0.5, 0.6) is 11.5 Å². The van der Waals surface area contributed by atoms with Crippen molar-refractivity contribution in [3.63, 3.8) is 0 Å². The van der Waals surface area contributed by atoms with Gasteiger partial charge in [-0.15, -0.1) is 0 Å². The Balaban J connectivity index is 1.04. The predicted molar refractivity (Wildman–Crippen MR) is 245 cm³/mol. The third-order valence-electron chi connectivity index (χ3n) is 11.7. The second-order valence-electron chi connectivity index (χ2n) is 16.4. The van der Waals surface area contributed by atoms with Gasteiger partial charge in [-0.25, -0.2) is 4.98 Å². The molecule has 0 aliphatic carbocycles. The third kappa shape index (κ3) is 5.82. The van der Waals surface area contributed by atoms with Crippen molar-refractivity contribution in [2.24, 2.45) is 0 Å². The summed E-state index contributed by atoms with van der Waals surface area (Å²) in [7, 11) is 0. The van der Waals surface area contributed by atoms with Crippen LogP contribution in [0.15, 0.2) is 176 Å².